The van der Waals surface area contributed by atoms with Gasteiger partial charge in [-0.3, -0.25) is 9.59 Å². The Morgan fingerprint density at radius 1 is 1.29 bits per heavy atom. The van der Waals surface area contributed by atoms with Crippen LogP contribution in [0.15, 0.2) is 35.0 Å². The third-order valence-corrected chi connectivity index (χ3v) is 3.65. The van der Waals surface area contributed by atoms with E-state index in [1.807, 2.05) is 24.4 Å². The molecular formula is C16H17N5O3. The number of nitrogens with one attached hydrogen (secondary N) is 2. The van der Waals surface area contributed by atoms with Crippen LogP contribution in [-0.4, -0.2) is 26.9 Å². The molecule has 2 aromatic heterocycles. The van der Waals surface area contributed by atoms with Crippen molar-refractivity contribution < 1.29 is 14.1 Å². The third-order valence-electron chi connectivity index (χ3n) is 3.65. The molecule has 124 valence electrons. The number of carbonyl (C=O) groups excluding carboxylic acids is 2. The second-order valence-electron chi connectivity index (χ2n) is 5.37. The monoisotopic (exact) mass is 327 g/mol. The minimum atomic E-state index is -0.793. The highest BCUT2D eigenvalue weighted by atomic mass is 16.5. The fourth-order valence-corrected chi connectivity index (χ4v) is 2.47. The van der Waals surface area contributed by atoms with E-state index in [0.29, 0.717) is 6.42 Å². The lowest BCUT2D eigenvalue weighted by Crippen LogP contribution is -2.23. The zero-order valence-corrected chi connectivity index (χ0v) is 12.9. The summed E-state index contributed by atoms with van der Waals surface area (Å²) in [6, 6.07) is 8.07. The van der Waals surface area contributed by atoms with Gasteiger partial charge in [-0.1, -0.05) is 23.4 Å². The average Bonchev–Trinajstić information content (AvgIpc) is 3.20. The first-order valence-corrected chi connectivity index (χ1v) is 7.57. The van der Waals surface area contributed by atoms with E-state index in [1.54, 1.807) is 0 Å². The predicted octanol–water partition coefficient (Wildman–Crippen LogP) is 1.29. The second kappa shape index (κ2) is 6.95. The highest BCUT2D eigenvalue weighted by molar-refractivity contribution is 5.87. The molecule has 4 N–H and O–H groups in total. The van der Waals surface area contributed by atoms with Crippen molar-refractivity contribution in [2.24, 2.45) is 5.73 Å². The van der Waals surface area contributed by atoms with E-state index in [2.05, 4.69) is 31.0 Å². The number of fused-ring (bicyclic) bond motifs is 1. The number of carbonyl (C=O) groups is 2. The molecule has 3 aromatic rings. The molecule has 0 spiro atoms. The molecule has 3 rings (SSSR count). The summed E-state index contributed by atoms with van der Waals surface area (Å²) >= 11 is 0. The number of primary amides is 1. The van der Waals surface area contributed by atoms with Gasteiger partial charge in [-0.25, -0.2) is 0 Å². The molecule has 24 heavy (non-hydrogen) atoms. The van der Waals surface area contributed by atoms with Crippen LogP contribution in [0.4, 0.5) is 0 Å². The summed E-state index contributed by atoms with van der Waals surface area (Å²) in [5, 5.41) is 7.43. The van der Waals surface area contributed by atoms with Crippen molar-refractivity contribution in [3.63, 3.8) is 0 Å². The van der Waals surface area contributed by atoms with E-state index in [1.165, 1.54) is 10.9 Å². The van der Waals surface area contributed by atoms with E-state index in [9.17, 15) is 9.59 Å². The Hall–Kier alpha value is -3.16. The topological polar surface area (TPSA) is 127 Å². The first kappa shape index (κ1) is 15.7. The zero-order valence-electron chi connectivity index (χ0n) is 12.9. The van der Waals surface area contributed by atoms with E-state index >= 15 is 0 Å². The van der Waals surface area contributed by atoms with Gasteiger partial charge >= 0.3 is 11.8 Å². The fourth-order valence-electron chi connectivity index (χ4n) is 2.47. The second-order valence-corrected chi connectivity index (χ2v) is 5.37. The molecular weight excluding hydrogens is 310 g/mol. The number of hydrogen-bond donors (Lipinski definition) is 3. The molecule has 0 bridgehead atoms. The molecule has 0 aliphatic carbocycles. The molecule has 2 amide bonds. The van der Waals surface area contributed by atoms with Gasteiger partial charge in [-0.2, -0.15) is 4.98 Å². The van der Waals surface area contributed by atoms with Gasteiger partial charge in [0.05, 0.1) is 6.54 Å². The van der Waals surface area contributed by atoms with Gasteiger partial charge in [0, 0.05) is 23.5 Å². The molecule has 1 aromatic carbocycles. The number of para-hydroxylation sites is 1. The molecule has 0 saturated heterocycles. The van der Waals surface area contributed by atoms with Gasteiger partial charge in [-0.15, -0.1) is 0 Å². The SMILES string of the molecule is NC(=O)c1nc(CNC(=O)CCCc2c[nH]c3ccccc23)no1. The summed E-state index contributed by atoms with van der Waals surface area (Å²) in [6.07, 6.45) is 3.91. The van der Waals surface area contributed by atoms with Gasteiger partial charge in [0.1, 0.15) is 0 Å². The smallest absolute Gasteiger partial charge is 0.315 e. The Morgan fingerprint density at radius 2 is 2.12 bits per heavy atom. The molecule has 0 unspecified atom stereocenters. The average molecular weight is 327 g/mol. The number of benzene rings is 1. The van der Waals surface area contributed by atoms with Gasteiger partial charge < -0.3 is 20.6 Å². The van der Waals surface area contributed by atoms with Crippen molar-refractivity contribution in [3.05, 3.63) is 47.7 Å². The first-order valence-electron chi connectivity index (χ1n) is 7.57. The normalized spacial score (nSPS) is 10.8. The summed E-state index contributed by atoms with van der Waals surface area (Å²) in [4.78, 5) is 29.7. The molecule has 0 aliphatic heterocycles. The Kier molecular flexibility index (Phi) is 4.55. The van der Waals surface area contributed by atoms with Crippen molar-refractivity contribution in [2.45, 2.75) is 25.8 Å². The number of aryl methyl sites for hydroxylation is 1. The molecule has 8 heteroatoms. The third kappa shape index (κ3) is 3.60. The van der Waals surface area contributed by atoms with Gasteiger partial charge in [0.2, 0.25) is 5.91 Å². The van der Waals surface area contributed by atoms with Crippen LogP contribution >= 0.6 is 0 Å². The highest BCUT2D eigenvalue weighted by Gasteiger charge is 2.12. The number of rotatable bonds is 7. The number of H-pyrrole nitrogens is 1. The highest BCUT2D eigenvalue weighted by Crippen LogP contribution is 2.19. The summed E-state index contributed by atoms with van der Waals surface area (Å²) in [7, 11) is 0. The number of amides is 2. The van der Waals surface area contributed by atoms with Crippen LogP contribution in [0.3, 0.4) is 0 Å². The van der Waals surface area contributed by atoms with Crippen LogP contribution in [0, 0.1) is 0 Å². The lowest BCUT2D eigenvalue weighted by molar-refractivity contribution is -0.121. The van der Waals surface area contributed by atoms with E-state index in [0.717, 1.165) is 18.4 Å². The fraction of sp³-hybridized carbons (Fsp3) is 0.250. The Morgan fingerprint density at radius 3 is 2.92 bits per heavy atom. The lowest BCUT2D eigenvalue weighted by atomic mass is 10.1. The first-order chi connectivity index (χ1) is 11.6. The molecule has 0 aliphatic rings. The van der Waals surface area contributed by atoms with Gasteiger partial charge in [0.25, 0.3) is 0 Å². The Labute approximate surface area is 137 Å². The molecule has 8 nitrogen and oxygen atoms in total. The van der Waals surface area contributed by atoms with Crippen LogP contribution in [0.2, 0.25) is 0 Å². The molecule has 0 radical (unpaired) electrons. The minimum Gasteiger partial charge on any atom is -0.361 e. The standard InChI is InChI=1S/C16H17N5O3/c17-15(23)16-20-13(21-24-16)9-19-14(22)7-3-4-10-8-18-12-6-2-1-5-11(10)12/h1-2,5-6,8,18H,3-4,7,9H2,(H2,17,23)(H,19,22). The molecule has 0 atom stereocenters. The van der Waals surface area contributed by atoms with Crippen molar-refractivity contribution in [2.75, 3.05) is 0 Å². The number of nitrogens with zero attached hydrogens (tertiary/aromatic N) is 2. The van der Waals surface area contributed by atoms with E-state index in [4.69, 9.17) is 5.73 Å². The summed E-state index contributed by atoms with van der Waals surface area (Å²) in [5.41, 5.74) is 7.30. The number of aromatic amines is 1. The Bertz CT molecular complexity index is 867. The van der Waals surface area contributed by atoms with Gasteiger partial charge in [0.15, 0.2) is 5.82 Å². The zero-order chi connectivity index (χ0) is 16.9. The van der Waals surface area contributed by atoms with Crippen LogP contribution in [0.5, 0.6) is 0 Å². The molecule has 2 heterocycles. The summed E-state index contributed by atoms with van der Waals surface area (Å²) in [6.45, 7) is 0.0999. The van der Waals surface area contributed by atoms with Crippen LogP contribution < -0.4 is 11.1 Å². The summed E-state index contributed by atoms with van der Waals surface area (Å²) < 4.78 is 4.64. The van der Waals surface area contributed by atoms with Crippen molar-refractivity contribution >= 4 is 22.7 Å². The van der Waals surface area contributed by atoms with Gasteiger partial charge in [-0.05, 0) is 24.5 Å². The lowest BCUT2D eigenvalue weighted by Gasteiger charge is -2.02. The van der Waals surface area contributed by atoms with Crippen LogP contribution in [-0.2, 0) is 17.8 Å². The van der Waals surface area contributed by atoms with Crippen LogP contribution in [0.25, 0.3) is 10.9 Å². The van der Waals surface area contributed by atoms with Crippen LogP contribution in [0.1, 0.15) is 34.9 Å². The van der Waals surface area contributed by atoms with Crippen molar-refractivity contribution in [1.82, 2.24) is 20.4 Å². The number of aromatic nitrogens is 3. The van der Waals surface area contributed by atoms with Crippen molar-refractivity contribution in [1.29, 1.82) is 0 Å². The predicted molar refractivity (Wildman–Crippen MR) is 85.9 cm³/mol. The maximum Gasteiger partial charge on any atom is 0.315 e. The largest absolute Gasteiger partial charge is 0.361 e. The molecule has 0 fully saturated rings. The van der Waals surface area contributed by atoms with Crippen molar-refractivity contribution in [3.8, 4) is 0 Å². The maximum atomic E-state index is 11.9. The van der Waals surface area contributed by atoms with E-state index < -0.39 is 5.91 Å². The molecule has 0 saturated carbocycles. The summed E-state index contributed by atoms with van der Waals surface area (Å²) in [5.74, 6) is -0.952. The quantitative estimate of drug-likeness (QED) is 0.602. The number of nitrogens with two attached hydrogens (primary N) is 1. The minimum absolute atomic E-state index is 0.0999. The number of hydrogen-bond acceptors (Lipinski definition) is 5. The Balaban J connectivity index is 1.44. The van der Waals surface area contributed by atoms with E-state index in [-0.39, 0.29) is 24.2 Å². The maximum absolute atomic E-state index is 11.9.